The van der Waals surface area contributed by atoms with Gasteiger partial charge in [0.05, 0.1) is 19.5 Å². The van der Waals surface area contributed by atoms with Gasteiger partial charge in [0.15, 0.2) is 0 Å². The van der Waals surface area contributed by atoms with Gasteiger partial charge < -0.3 is 24.8 Å². The zero-order valence-electron chi connectivity index (χ0n) is 20.9. The molecule has 3 aromatic rings. The van der Waals surface area contributed by atoms with Crippen LogP contribution in [0.2, 0.25) is 0 Å². The third-order valence-corrected chi connectivity index (χ3v) is 6.41. The van der Waals surface area contributed by atoms with E-state index >= 15 is 0 Å². The fraction of sp³-hybridized carbons (Fsp3) is 0.393. The maximum atomic E-state index is 13.3. The number of carbonyl (C=O) groups excluding carboxylic acids is 2. The van der Waals surface area contributed by atoms with Gasteiger partial charge in [-0.25, -0.2) is 9.78 Å². The molecule has 2 N–H and O–H groups in total. The number of hydrogen-bond acceptors (Lipinski definition) is 4. The van der Waals surface area contributed by atoms with Crippen LogP contribution in [0, 0.1) is 0 Å². The van der Waals surface area contributed by atoms with Crippen LogP contribution in [0.25, 0.3) is 0 Å². The summed E-state index contributed by atoms with van der Waals surface area (Å²) < 4.78 is 7.77. The zero-order valence-corrected chi connectivity index (χ0v) is 20.9. The first kappa shape index (κ1) is 25.3. The van der Waals surface area contributed by atoms with Crippen molar-refractivity contribution in [2.24, 2.45) is 0 Å². The number of urea groups is 1. The number of carbonyl (C=O) groups is 2. The molecule has 36 heavy (non-hydrogen) atoms. The molecule has 1 heterocycles. The molecular weight excluding hydrogens is 454 g/mol. The van der Waals surface area contributed by atoms with Crippen LogP contribution in [0.5, 0.6) is 5.75 Å². The quantitative estimate of drug-likeness (QED) is 0.393. The molecule has 0 aliphatic heterocycles. The molecule has 190 valence electrons. The van der Waals surface area contributed by atoms with E-state index in [-0.39, 0.29) is 18.0 Å². The molecule has 0 spiro atoms. The lowest BCUT2D eigenvalue weighted by Crippen LogP contribution is -2.36. The Balaban J connectivity index is 1.40. The Bertz CT molecular complexity index is 1110. The maximum Gasteiger partial charge on any atom is 0.322 e. The van der Waals surface area contributed by atoms with Crippen molar-refractivity contribution in [3.63, 3.8) is 0 Å². The van der Waals surface area contributed by atoms with Crippen LogP contribution < -0.4 is 15.4 Å². The molecule has 1 aliphatic rings. The van der Waals surface area contributed by atoms with E-state index in [4.69, 9.17) is 4.74 Å². The SMILES string of the molecule is CCOc1ccccc1CN(CCCn1ccnc1)C(=O)Nc1ccc(C(=O)NC2CCCC2)cc1. The second-order valence-corrected chi connectivity index (χ2v) is 9.08. The molecule has 1 fully saturated rings. The van der Waals surface area contributed by atoms with Gasteiger partial charge in [-0.1, -0.05) is 31.0 Å². The Kier molecular flexibility index (Phi) is 8.97. The second kappa shape index (κ2) is 12.8. The summed E-state index contributed by atoms with van der Waals surface area (Å²) in [6, 6.07) is 14.9. The summed E-state index contributed by atoms with van der Waals surface area (Å²) in [6.45, 7) is 4.26. The zero-order chi connectivity index (χ0) is 25.2. The summed E-state index contributed by atoms with van der Waals surface area (Å²) in [4.78, 5) is 31.7. The highest BCUT2D eigenvalue weighted by Crippen LogP contribution is 2.21. The molecule has 0 bridgehead atoms. The van der Waals surface area contributed by atoms with Gasteiger partial charge in [-0.3, -0.25) is 4.79 Å². The van der Waals surface area contributed by atoms with E-state index in [1.807, 2.05) is 42.0 Å². The van der Waals surface area contributed by atoms with Crippen LogP contribution in [-0.4, -0.2) is 45.6 Å². The smallest absolute Gasteiger partial charge is 0.322 e. The van der Waals surface area contributed by atoms with Crippen LogP contribution in [-0.2, 0) is 13.1 Å². The van der Waals surface area contributed by atoms with E-state index in [2.05, 4.69) is 15.6 Å². The van der Waals surface area contributed by atoms with Gasteiger partial charge >= 0.3 is 6.03 Å². The lowest BCUT2D eigenvalue weighted by molar-refractivity contribution is 0.0938. The second-order valence-electron chi connectivity index (χ2n) is 9.08. The number of aryl methyl sites for hydroxylation is 1. The van der Waals surface area contributed by atoms with Crippen molar-refractivity contribution in [3.8, 4) is 5.75 Å². The number of nitrogens with one attached hydrogen (secondary N) is 2. The summed E-state index contributed by atoms with van der Waals surface area (Å²) in [7, 11) is 0. The van der Waals surface area contributed by atoms with E-state index < -0.39 is 0 Å². The lowest BCUT2D eigenvalue weighted by atomic mass is 10.1. The minimum atomic E-state index is -0.199. The molecule has 1 aliphatic carbocycles. The Hall–Kier alpha value is -3.81. The number of hydrogen-bond donors (Lipinski definition) is 2. The standard InChI is InChI=1S/C28H35N5O3/c1-2-36-26-11-6-3-8-23(26)20-33(18-7-17-32-19-16-29-21-32)28(35)31-25-14-12-22(13-15-25)27(34)30-24-9-4-5-10-24/h3,6,8,11-16,19,21,24H,2,4-5,7,9-10,17-18,20H2,1H3,(H,30,34)(H,31,35). The van der Waals surface area contributed by atoms with Crippen LogP contribution in [0.4, 0.5) is 10.5 Å². The Morgan fingerprint density at radius 2 is 1.89 bits per heavy atom. The molecule has 8 heteroatoms. The fourth-order valence-corrected chi connectivity index (χ4v) is 4.50. The van der Waals surface area contributed by atoms with Gasteiger partial charge in [-0.15, -0.1) is 0 Å². The van der Waals surface area contributed by atoms with Crippen LogP contribution >= 0.6 is 0 Å². The number of anilines is 1. The molecule has 0 saturated heterocycles. The van der Waals surface area contributed by atoms with E-state index in [9.17, 15) is 9.59 Å². The molecule has 4 rings (SSSR count). The van der Waals surface area contributed by atoms with Crippen molar-refractivity contribution in [1.82, 2.24) is 19.8 Å². The van der Waals surface area contributed by atoms with E-state index in [0.29, 0.717) is 30.9 Å². The number of ether oxygens (including phenoxy) is 1. The number of nitrogens with zero attached hydrogens (tertiary/aromatic N) is 3. The maximum absolute atomic E-state index is 13.3. The van der Waals surface area contributed by atoms with Gasteiger partial charge in [0.1, 0.15) is 5.75 Å². The molecule has 3 amide bonds. The molecule has 2 aromatic carbocycles. The van der Waals surface area contributed by atoms with E-state index in [1.165, 1.54) is 12.8 Å². The highest BCUT2D eigenvalue weighted by Gasteiger charge is 2.19. The Morgan fingerprint density at radius 1 is 1.11 bits per heavy atom. The van der Waals surface area contributed by atoms with Crippen molar-refractivity contribution in [3.05, 3.63) is 78.4 Å². The predicted octanol–water partition coefficient (Wildman–Crippen LogP) is 5.08. The summed E-state index contributed by atoms with van der Waals surface area (Å²) in [5.41, 5.74) is 2.20. The number of para-hydroxylation sites is 1. The molecule has 0 atom stereocenters. The first-order valence-corrected chi connectivity index (χ1v) is 12.8. The monoisotopic (exact) mass is 489 g/mol. The van der Waals surface area contributed by atoms with Crippen molar-refractivity contribution >= 4 is 17.6 Å². The molecule has 1 aromatic heterocycles. The van der Waals surface area contributed by atoms with Crippen LogP contribution in [0.1, 0.15) is 54.9 Å². The minimum Gasteiger partial charge on any atom is -0.494 e. The topological polar surface area (TPSA) is 88.5 Å². The van der Waals surface area contributed by atoms with Crippen molar-refractivity contribution < 1.29 is 14.3 Å². The molecule has 0 radical (unpaired) electrons. The molecule has 8 nitrogen and oxygen atoms in total. The highest BCUT2D eigenvalue weighted by atomic mass is 16.5. The third-order valence-electron chi connectivity index (χ3n) is 6.41. The van der Waals surface area contributed by atoms with Crippen LogP contribution in [0.3, 0.4) is 0 Å². The number of benzene rings is 2. The lowest BCUT2D eigenvalue weighted by Gasteiger charge is -2.24. The molecular formula is C28H35N5O3. The Morgan fingerprint density at radius 3 is 2.61 bits per heavy atom. The van der Waals surface area contributed by atoms with Crippen LogP contribution in [0.15, 0.2) is 67.3 Å². The Labute approximate surface area is 212 Å². The fourth-order valence-electron chi connectivity index (χ4n) is 4.50. The van der Waals surface area contributed by atoms with E-state index in [1.54, 1.807) is 41.7 Å². The predicted molar refractivity (Wildman–Crippen MR) is 140 cm³/mol. The average Bonchev–Trinajstić information content (AvgIpc) is 3.60. The molecule has 1 saturated carbocycles. The number of imidazole rings is 1. The minimum absolute atomic E-state index is 0.0616. The summed E-state index contributed by atoms with van der Waals surface area (Å²) >= 11 is 0. The van der Waals surface area contributed by atoms with Gasteiger partial charge in [0.2, 0.25) is 0 Å². The van der Waals surface area contributed by atoms with Gasteiger partial charge in [-0.05, 0) is 56.5 Å². The first-order valence-electron chi connectivity index (χ1n) is 12.8. The van der Waals surface area contributed by atoms with Gasteiger partial charge in [0.25, 0.3) is 5.91 Å². The normalized spacial score (nSPS) is 13.4. The third kappa shape index (κ3) is 7.10. The first-order chi connectivity index (χ1) is 17.6. The summed E-state index contributed by atoms with van der Waals surface area (Å²) in [5, 5.41) is 6.09. The number of aromatic nitrogens is 2. The summed E-state index contributed by atoms with van der Waals surface area (Å²) in [5.74, 6) is 0.721. The number of amides is 3. The largest absolute Gasteiger partial charge is 0.494 e. The highest BCUT2D eigenvalue weighted by molar-refractivity contribution is 5.95. The van der Waals surface area contributed by atoms with Crippen molar-refractivity contribution in [2.45, 2.75) is 58.2 Å². The van der Waals surface area contributed by atoms with E-state index in [0.717, 1.165) is 37.1 Å². The van der Waals surface area contributed by atoms with Crippen molar-refractivity contribution in [1.29, 1.82) is 0 Å². The molecule has 0 unspecified atom stereocenters. The number of rotatable bonds is 11. The van der Waals surface area contributed by atoms with Crippen molar-refractivity contribution in [2.75, 3.05) is 18.5 Å². The van der Waals surface area contributed by atoms with Gasteiger partial charge in [0, 0.05) is 48.3 Å². The summed E-state index contributed by atoms with van der Waals surface area (Å²) in [6.07, 6.45) is 10.7. The van der Waals surface area contributed by atoms with Gasteiger partial charge in [-0.2, -0.15) is 0 Å². The average molecular weight is 490 g/mol.